The molecule has 0 amide bonds. The molecule has 0 unspecified atom stereocenters. The fourth-order valence-corrected chi connectivity index (χ4v) is 5.16. The van der Waals surface area contributed by atoms with Gasteiger partial charge < -0.3 is 17.3 Å². The predicted molar refractivity (Wildman–Crippen MR) is 117 cm³/mol. The number of benzene rings is 2. The minimum Gasteiger partial charge on any atom is -0.418 e. The molecule has 0 aliphatic heterocycles. The number of halogens is 4. The van der Waals surface area contributed by atoms with Crippen LogP contribution in [0.4, 0.5) is 17.3 Å². The van der Waals surface area contributed by atoms with E-state index in [0.717, 1.165) is 13.1 Å². The van der Waals surface area contributed by atoms with Crippen molar-refractivity contribution in [1.29, 1.82) is 0 Å². The molecule has 0 saturated carbocycles. The molecule has 4 aromatic rings. The fourth-order valence-electron chi connectivity index (χ4n) is 3.73. The van der Waals surface area contributed by atoms with Gasteiger partial charge in [0.1, 0.15) is 0 Å². The standard InChI is InChI=1S/C20H24N4P.BF4/c1-5-23-17-13-9-7-11-15(17)21(3)19(23)25-20-22(4)16-12-8-10-14-18(16)24(20)6-2;2-1(3,4)5/h7-14H,5-6H2,1-4H3;/q+1;-1. The Hall–Kier alpha value is -2.41. The summed E-state index contributed by atoms with van der Waals surface area (Å²) in [5.74, 6) is 0. The van der Waals surface area contributed by atoms with E-state index in [1.807, 2.05) is 0 Å². The summed E-state index contributed by atoms with van der Waals surface area (Å²) in [5.41, 5.74) is 5.18. The Balaban J connectivity index is 0.000000461. The van der Waals surface area contributed by atoms with Crippen LogP contribution in [0.5, 0.6) is 0 Å². The Kier molecular flexibility index (Phi) is 6.51. The van der Waals surface area contributed by atoms with E-state index in [4.69, 9.17) is 0 Å². The van der Waals surface area contributed by atoms with E-state index in [1.165, 1.54) is 40.3 Å². The largest absolute Gasteiger partial charge is 0.673 e. The molecule has 0 spiro atoms. The van der Waals surface area contributed by atoms with Crippen molar-refractivity contribution in [3.63, 3.8) is 0 Å². The molecular formula is C20H24BF4N4P. The molecule has 10 heteroatoms. The van der Waals surface area contributed by atoms with Crippen LogP contribution in [0.3, 0.4) is 0 Å². The first kappa shape index (κ1) is 22.3. The molecule has 0 aliphatic carbocycles. The van der Waals surface area contributed by atoms with E-state index >= 15 is 0 Å². The molecule has 0 aliphatic rings. The van der Waals surface area contributed by atoms with Crippen LogP contribution < -0.4 is 0 Å². The van der Waals surface area contributed by atoms with Crippen LogP contribution in [0.15, 0.2) is 48.5 Å². The molecule has 0 atom stereocenters. The second-order valence-corrected chi connectivity index (χ2v) is 7.81. The van der Waals surface area contributed by atoms with Gasteiger partial charge in [-0.3, -0.25) is 0 Å². The van der Waals surface area contributed by atoms with Crippen LogP contribution in [0.1, 0.15) is 13.8 Å². The quantitative estimate of drug-likeness (QED) is 0.198. The topological polar surface area (TPSA) is 19.7 Å². The minimum absolute atomic E-state index is 0.972. The van der Waals surface area contributed by atoms with Crippen molar-refractivity contribution in [1.82, 2.24) is 18.3 Å². The van der Waals surface area contributed by atoms with Crippen LogP contribution in [0.2, 0.25) is 0 Å². The Morgan fingerprint density at radius 3 is 1.27 bits per heavy atom. The van der Waals surface area contributed by atoms with Crippen molar-refractivity contribution in [2.75, 3.05) is 0 Å². The van der Waals surface area contributed by atoms with Crippen molar-refractivity contribution in [3.05, 3.63) is 58.9 Å². The molecular weight excluding hydrogens is 414 g/mol. The third-order valence-corrected chi connectivity index (χ3v) is 6.47. The number of hydrogen-bond donors (Lipinski definition) is 0. The summed E-state index contributed by atoms with van der Waals surface area (Å²) >= 11 is 0. The smallest absolute Gasteiger partial charge is 0.418 e. The molecule has 2 heterocycles. The van der Waals surface area contributed by atoms with Gasteiger partial charge >= 0.3 is 155 Å². The van der Waals surface area contributed by atoms with Crippen molar-refractivity contribution in [2.24, 2.45) is 14.1 Å². The zero-order valence-corrected chi connectivity index (χ0v) is 18.3. The van der Waals surface area contributed by atoms with Gasteiger partial charge in [0.2, 0.25) is 0 Å². The Labute approximate surface area is 173 Å². The number of imidazole rings is 2. The third-order valence-electron chi connectivity index (χ3n) is 4.98. The van der Waals surface area contributed by atoms with E-state index in [9.17, 15) is 17.3 Å². The predicted octanol–water partition coefficient (Wildman–Crippen LogP) is 6.32. The molecule has 30 heavy (non-hydrogen) atoms. The van der Waals surface area contributed by atoms with Gasteiger partial charge in [0.25, 0.3) is 0 Å². The second-order valence-electron chi connectivity index (χ2n) is 6.79. The fraction of sp³-hybridized carbons (Fsp3) is 0.300. The summed E-state index contributed by atoms with van der Waals surface area (Å²) < 4.78 is 48.5. The molecule has 160 valence electrons. The van der Waals surface area contributed by atoms with Crippen molar-refractivity contribution >= 4 is 37.1 Å². The maximum Gasteiger partial charge on any atom is 0.673 e. The second kappa shape index (κ2) is 8.76. The summed E-state index contributed by atoms with van der Waals surface area (Å²) in [6.45, 7) is 6.39. The molecule has 0 bridgehead atoms. The Morgan fingerprint density at radius 2 is 0.967 bits per heavy atom. The van der Waals surface area contributed by atoms with Gasteiger partial charge in [-0.15, -0.1) is 0 Å². The van der Waals surface area contributed by atoms with Gasteiger partial charge in [0.15, 0.2) is 0 Å². The number of para-hydroxylation sites is 4. The van der Waals surface area contributed by atoms with Gasteiger partial charge in [-0.05, 0) is 0 Å². The van der Waals surface area contributed by atoms with Gasteiger partial charge in [0, 0.05) is 0 Å². The number of rotatable bonds is 2. The van der Waals surface area contributed by atoms with Crippen LogP contribution in [-0.2, 0) is 27.2 Å². The first-order valence-electron chi connectivity index (χ1n) is 9.70. The molecule has 0 N–H and O–H groups in total. The average Bonchev–Trinajstić information content (AvgIpc) is 3.13. The number of nitrogens with zero attached hydrogens (tertiary/aromatic N) is 4. The van der Waals surface area contributed by atoms with Gasteiger partial charge in [-0.2, -0.15) is 0 Å². The summed E-state index contributed by atoms with van der Waals surface area (Å²) in [5, 5.41) is 2.63. The average molecular weight is 438 g/mol. The van der Waals surface area contributed by atoms with E-state index in [1.54, 1.807) is 0 Å². The summed E-state index contributed by atoms with van der Waals surface area (Å²) in [6, 6.07) is 17.3. The Bertz CT molecular complexity index is 1240. The molecule has 2 aromatic carbocycles. The van der Waals surface area contributed by atoms with Gasteiger partial charge in [0.05, 0.1) is 0 Å². The van der Waals surface area contributed by atoms with Crippen LogP contribution in [0, 0.1) is 10.4 Å². The van der Waals surface area contributed by atoms with E-state index < -0.39 is 7.25 Å². The Morgan fingerprint density at radius 1 is 0.667 bits per heavy atom. The molecule has 4 rings (SSSR count). The maximum absolute atomic E-state index is 9.75. The van der Waals surface area contributed by atoms with Crippen molar-refractivity contribution in [3.8, 4) is 0 Å². The molecule has 0 saturated heterocycles. The summed E-state index contributed by atoms with van der Waals surface area (Å²) in [4.78, 5) is 0. The van der Waals surface area contributed by atoms with Crippen LogP contribution in [-0.4, -0.2) is 25.5 Å². The molecule has 4 nitrogen and oxygen atoms in total. The van der Waals surface area contributed by atoms with Gasteiger partial charge in [-0.1, -0.05) is 0 Å². The zero-order chi connectivity index (χ0) is 22.1. The number of aromatic nitrogens is 4. The SMILES string of the molecule is CCn1c(=[P+]=c2n(C)c3ccccc3n2CC)n(C)c2ccccc21.F[B-](F)(F)F. The van der Waals surface area contributed by atoms with E-state index in [0.29, 0.717) is 0 Å². The molecule has 0 radical (unpaired) electrons. The molecule has 0 fully saturated rings. The first-order chi connectivity index (χ1) is 14.2. The monoisotopic (exact) mass is 438 g/mol. The van der Waals surface area contributed by atoms with Gasteiger partial charge in [-0.25, -0.2) is 0 Å². The minimum atomic E-state index is -6.00. The first-order valence-corrected chi connectivity index (χ1v) is 10.6. The normalized spacial score (nSPS) is 11.6. The maximum atomic E-state index is 9.75. The number of aryl methyl sites for hydroxylation is 4. The van der Waals surface area contributed by atoms with Crippen LogP contribution >= 0.6 is 7.83 Å². The van der Waals surface area contributed by atoms with Crippen molar-refractivity contribution < 1.29 is 17.3 Å². The number of hydrogen-bond acceptors (Lipinski definition) is 0. The number of fused-ring (bicyclic) bond motifs is 2. The van der Waals surface area contributed by atoms with E-state index in [-0.39, 0.29) is 0 Å². The molecule has 2 aromatic heterocycles. The van der Waals surface area contributed by atoms with Crippen LogP contribution in [0.25, 0.3) is 22.1 Å². The summed E-state index contributed by atoms with van der Waals surface area (Å²) in [6.07, 6.45) is 0. The third kappa shape index (κ3) is 4.36. The van der Waals surface area contributed by atoms with E-state index in [2.05, 4.69) is 94.7 Å². The zero-order valence-electron chi connectivity index (χ0n) is 17.4. The van der Waals surface area contributed by atoms with Crippen molar-refractivity contribution in [2.45, 2.75) is 26.9 Å². The summed E-state index contributed by atoms with van der Waals surface area (Å²) in [7, 11) is -0.422.